The quantitative estimate of drug-likeness (QED) is 0.298. The first-order valence-corrected chi connectivity index (χ1v) is 14.1. The van der Waals surface area contributed by atoms with Crippen LogP contribution in [0.25, 0.3) is 33.7 Å². The molecule has 4 aromatic rings. The van der Waals surface area contributed by atoms with Gasteiger partial charge in [-0.1, -0.05) is 6.07 Å². The van der Waals surface area contributed by atoms with Crippen LogP contribution >= 0.6 is 0 Å². The SMILES string of the molecule is COc1cc(C(=O)N(C)CCO)cnc1-c1cc2ncc(C3CC3)c(-c3ccc(OC4CCOCC4)c(C#N)c3)c2o1. The largest absolute Gasteiger partial charge is 0.494 e. The average molecular weight is 569 g/mol. The number of nitrogens with zero attached hydrogens (tertiary/aromatic N) is 4. The maximum absolute atomic E-state index is 12.7. The molecule has 216 valence electrons. The van der Waals surface area contributed by atoms with E-state index in [1.54, 1.807) is 13.1 Å². The molecule has 1 aliphatic carbocycles. The maximum Gasteiger partial charge on any atom is 0.255 e. The number of fused-ring (bicyclic) bond motifs is 1. The van der Waals surface area contributed by atoms with Gasteiger partial charge in [0.15, 0.2) is 11.3 Å². The lowest BCUT2D eigenvalue weighted by Crippen LogP contribution is -2.29. The Morgan fingerprint density at radius 2 is 1.93 bits per heavy atom. The second-order valence-electron chi connectivity index (χ2n) is 10.7. The predicted molar refractivity (Wildman–Crippen MR) is 154 cm³/mol. The first-order chi connectivity index (χ1) is 20.5. The van der Waals surface area contributed by atoms with Gasteiger partial charge >= 0.3 is 0 Å². The molecular formula is C32H32N4O6. The number of ether oxygens (including phenoxy) is 3. The van der Waals surface area contributed by atoms with Crippen molar-refractivity contribution < 1.29 is 28.5 Å². The molecule has 1 amide bonds. The Morgan fingerprint density at radius 1 is 1.12 bits per heavy atom. The van der Waals surface area contributed by atoms with Crippen molar-refractivity contribution in [2.24, 2.45) is 0 Å². The molecule has 0 radical (unpaired) electrons. The van der Waals surface area contributed by atoms with E-state index in [1.165, 1.54) is 18.2 Å². The minimum Gasteiger partial charge on any atom is -0.494 e. The van der Waals surface area contributed by atoms with E-state index in [-0.39, 0.29) is 25.2 Å². The lowest BCUT2D eigenvalue weighted by molar-refractivity contribution is 0.0254. The number of pyridine rings is 2. The van der Waals surface area contributed by atoms with Crippen molar-refractivity contribution in [2.75, 3.05) is 40.5 Å². The number of aromatic nitrogens is 2. The molecule has 4 heterocycles. The number of rotatable bonds is 9. The number of aliphatic hydroxyl groups excluding tert-OH is 1. The van der Waals surface area contributed by atoms with Gasteiger partial charge in [0, 0.05) is 50.5 Å². The minimum absolute atomic E-state index is 0.0261. The normalized spacial score (nSPS) is 15.4. The van der Waals surface area contributed by atoms with Gasteiger partial charge in [0.2, 0.25) is 0 Å². The number of nitriles is 1. The molecule has 1 aliphatic heterocycles. The van der Waals surface area contributed by atoms with Gasteiger partial charge in [-0.05, 0) is 48.1 Å². The van der Waals surface area contributed by atoms with Gasteiger partial charge in [0.25, 0.3) is 5.91 Å². The fourth-order valence-corrected chi connectivity index (χ4v) is 5.33. The highest BCUT2D eigenvalue weighted by Crippen LogP contribution is 2.48. The summed E-state index contributed by atoms with van der Waals surface area (Å²) in [4.78, 5) is 23.4. The van der Waals surface area contributed by atoms with Gasteiger partial charge in [0.05, 0.1) is 38.1 Å². The summed E-state index contributed by atoms with van der Waals surface area (Å²) in [5.41, 5.74) is 5.33. The van der Waals surface area contributed by atoms with Crippen LogP contribution in [-0.4, -0.2) is 72.5 Å². The summed E-state index contributed by atoms with van der Waals surface area (Å²) >= 11 is 0. The van der Waals surface area contributed by atoms with E-state index in [1.807, 2.05) is 30.5 Å². The van der Waals surface area contributed by atoms with Gasteiger partial charge in [0.1, 0.15) is 34.9 Å². The van der Waals surface area contributed by atoms with E-state index in [9.17, 15) is 15.2 Å². The van der Waals surface area contributed by atoms with Gasteiger partial charge in [-0.15, -0.1) is 0 Å². The number of carbonyl (C=O) groups is 1. The number of aliphatic hydroxyl groups is 1. The second kappa shape index (κ2) is 11.8. The molecule has 10 nitrogen and oxygen atoms in total. The van der Waals surface area contributed by atoms with Gasteiger partial charge < -0.3 is 28.6 Å². The predicted octanol–water partition coefficient (Wildman–Crippen LogP) is 4.94. The molecule has 1 N–H and O–H groups in total. The number of hydrogen-bond acceptors (Lipinski definition) is 9. The lowest BCUT2D eigenvalue weighted by Gasteiger charge is -2.24. The number of hydrogen-bond donors (Lipinski definition) is 1. The van der Waals surface area contributed by atoms with Crippen LogP contribution < -0.4 is 9.47 Å². The van der Waals surface area contributed by atoms with E-state index >= 15 is 0 Å². The van der Waals surface area contributed by atoms with Crippen molar-refractivity contribution in [3.63, 3.8) is 0 Å². The second-order valence-corrected chi connectivity index (χ2v) is 10.7. The van der Waals surface area contributed by atoms with Gasteiger partial charge in [-0.3, -0.25) is 9.78 Å². The summed E-state index contributed by atoms with van der Waals surface area (Å²) in [7, 11) is 3.13. The molecule has 0 unspecified atom stereocenters. The summed E-state index contributed by atoms with van der Waals surface area (Å²) in [6.07, 6.45) is 7.13. The van der Waals surface area contributed by atoms with Crippen LogP contribution in [0.3, 0.4) is 0 Å². The summed E-state index contributed by atoms with van der Waals surface area (Å²) in [5.74, 6) is 1.50. The fourth-order valence-electron chi connectivity index (χ4n) is 5.33. The van der Waals surface area contributed by atoms with Crippen molar-refractivity contribution in [3.05, 3.63) is 59.4 Å². The van der Waals surface area contributed by atoms with E-state index < -0.39 is 0 Å². The van der Waals surface area contributed by atoms with E-state index in [0.717, 1.165) is 42.4 Å². The van der Waals surface area contributed by atoms with E-state index in [0.29, 0.717) is 64.3 Å². The first-order valence-electron chi connectivity index (χ1n) is 14.1. The zero-order valence-electron chi connectivity index (χ0n) is 23.6. The van der Waals surface area contributed by atoms with Crippen molar-refractivity contribution in [3.8, 4) is 40.1 Å². The molecule has 10 heteroatoms. The molecule has 2 fully saturated rings. The molecule has 3 aromatic heterocycles. The van der Waals surface area contributed by atoms with Crippen molar-refractivity contribution in [2.45, 2.75) is 37.7 Å². The zero-order chi connectivity index (χ0) is 29.2. The molecule has 1 saturated heterocycles. The zero-order valence-corrected chi connectivity index (χ0v) is 23.6. The van der Waals surface area contributed by atoms with Crippen molar-refractivity contribution in [1.82, 2.24) is 14.9 Å². The van der Waals surface area contributed by atoms with Crippen LogP contribution in [0.1, 0.15) is 53.1 Å². The number of amides is 1. The molecule has 0 atom stereocenters. The Bertz CT molecular complexity index is 1670. The Morgan fingerprint density at radius 3 is 2.64 bits per heavy atom. The van der Waals surface area contributed by atoms with Crippen LogP contribution in [-0.2, 0) is 4.74 Å². The Kier molecular flexibility index (Phi) is 7.78. The Labute approximate surface area is 243 Å². The number of likely N-dealkylation sites (N-methyl/N-ethyl adjacent to an activating group) is 1. The summed E-state index contributed by atoms with van der Waals surface area (Å²) < 4.78 is 23.7. The molecule has 0 bridgehead atoms. The van der Waals surface area contributed by atoms with E-state index in [4.69, 9.17) is 23.6 Å². The molecule has 42 heavy (non-hydrogen) atoms. The van der Waals surface area contributed by atoms with Crippen LogP contribution in [0, 0.1) is 11.3 Å². The molecule has 1 aromatic carbocycles. The third-order valence-electron chi connectivity index (χ3n) is 7.77. The highest BCUT2D eigenvalue weighted by Gasteiger charge is 2.30. The van der Waals surface area contributed by atoms with Gasteiger partial charge in [-0.2, -0.15) is 5.26 Å². The van der Waals surface area contributed by atoms with Crippen LogP contribution in [0.15, 0.2) is 47.1 Å². The number of benzene rings is 1. The molecule has 0 spiro atoms. The number of methoxy groups -OCH3 is 1. The van der Waals surface area contributed by atoms with Crippen molar-refractivity contribution in [1.29, 1.82) is 5.26 Å². The Balaban J connectivity index is 1.40. The highest BCUT2D eigenvalue weighted by molar-refractivity contribution is 5.96. The standard InChI is InChI=1S/C32H32N4O6/c1-36(9-10-37)32(38)22-14-27(39-2)30(35-17-22)28-15-25-31(42-28)29(24(18-34-25)19-3-4-19)20-5-6-26(21(13-20)16-33)41-23-7-11-40-12-8-23/h5-6,13-15,17-19,23,37H,3-4,7-12H2,1-2H3. The Hall–Kier alpha value is -4.46. The van der Waals surface area contributed by atoms with Crippen molar-refractivity contribution >= 4 is 17.0 Å². The molecule has 1 saturated carbocycles. The summed E-state index contributed by atoms with van der Waals surface area (Å²) in [6, 6.07) is 11.4. The summed E-state index contributed by atoms with van der Waals surface area (Å²) in [5, 5.41) is 19.2. The van der Waals surface area contributed by atoms with Gasteiger partial charge in [-0.25, -0.2) is 4.98 Å². The smallest absolute Gasteiger partial charge is 0.255 e. The first kappa shape index (κ1) is 27.7. The lowest BCUT2D eigenvalue weighted by atomic mass is 9.96. The van der Waals surface area contributed by atoms with Crippen LogP contribution in [0.4, 0.5) is 0 Å². The fraction of sp³-hybridized carbons (Fsp3) is 0.375. The number of furan rings is 1. The van der Waals surface area contributed by atoms with Crippen LogP contribution in [0.5, 0.6) is 11.5 Å². The monoisotopic (exact) mass is 568 g/mol. The minimum atomic E-state index is -0.276. The maximum atomic E-state index is 12.7. The molecule has 6 rings (SSSR count). The average Bonchev–Trinajstić information content (AvgIpc) is 3.78. The highest BCUT2D eigenvalue weighted by atomic mass is 16.5. The summed E-state index contributed by atoms with van der Waals surface area (Å²) in [6.45, 7) is 1.39. The third kappa shape index (κ3) is 5.41. The third-order valence-corrected chi connectivity index (χ3v) is 7.77. The van der Waals surface area contributed by atoms with E-state index in [2.05, 4.69) is 11.1 Å². The van der Waals surface area contributed by atoms with Crippen LogP contribution in [0.2, 0.25) is 0 Å². The molecule has 2 aliphatic rings. The number of carbonyl (C=O) groups excluding carboxylic acids is 1. The molecular weight excluding hydrogens is 536 g/mol. The topological polar surface area (TPSA) is 131 Å².